The van der Waals surface area contributed by atoms with Crippen molar-refractivity contribution in [2.45, 2.75) is 18.9 Å². The van der Waals surface area contributed by atoms with Crippen molar-refractivity contribution < 1.29 is 5.11 Å². The molecule has 0 spiro atoms. The van der Waals surface area contributed by atoms with Crippen LogP contribution in [0.2, 0.25) is 0 Å². The second kappa shape index (κ2) is 7.17. The molecule has 0 aromatic rings. The number of hydrogen-bond acceptors (Lipinski definition) is 4. The molecule has 92 valence electrons. The fourth-order valence-electron chi connectivity index (χ4n) is 1.54. The molecule has 0 rings (SSSR count). The summed E-state index contributed by atoms with van der Waals surface area (Å²) in [4.78, 5) is 4.45. The Labute approximate surface area is 94.3 Å². The number of aliphatic hydroxyl groups excluding tert-OH is 1. The summed E-state index contributed by atoms with van der Waals surface area (Å²) in [5.41, 5.74) is -0.188. The van der Waals surface area contributed by atoms with Crippen LogP contribution in [0.1, 0.15) is 13.3 Å². The minimum atomic E-state index is -0.188. The predicted molar refractivity (Wildman–Crippen MR) is 65.2 cm³/mol. The van der Waals surface area contributed by atoms with Gasteiger partial charge < -0.3 is 20.2 Å². The Bertz CT molecular complexity index is 158. The van der Waals surface area contributed by atoms with Gasteiger partial charge in [-0.15, -0.1) is 0 Å². The molecule has 0 aliphatic heterocycles. The molecule has 0 aromatic carbocycles. The van der Waals surface area contributed by atoms with Gasteiger partial charge in [0.2, 0.25) is 0 Å². The molecule has 15 heavy (non-hydrogen) atoms. The normalized spacial score (nSPS) is 16.0. The van der Waals surface area contributed by atoms with Crippen molar-refractivity contribution in [2.24, 2.45) is 0 Å². The fourth-order valence-corrected chi connectivity index (χ4v) is 1.54. The molecule has 4 heteroatoms. The van der Waals surface area contributed by atoms with E-state index in [-0.39, 0.29) is 12.1 Å². The lowest BCUT2D eigenvalue weighted by atomic mass is 10.0. The van der Waals surface area contributed by atoms with Crippen LogP contribution in [0.3, 0.4) is 0 Å². The molecule has 0 amide bonds. The average Bonchev–Trinajstić information content (AvgIpc) is 2.17. The summed E-state index contributed by atoms with van der Waals surface area (Å²) in [6.07, 6.45) is 1.16. The van der Waals surface area contributed by atoms with Crippen molar-refractivity contribution in [2.75, 3.05) is 54.4 Å². The predicted octanol–water partition coefficient (Wildman–Crippen LogP) is -0.160. The second-order valence-electron chi connectivity index (χ2n) is 4.86. The van der Waals surface area contributed by atoms with Crippen LogP contribution in [0.4, 0.5) is 0 Å². The molecule has 0 radical (unpaired) electrons. The molecule has 4 nitrogen and oxygen atoms in total. The summed E-state index contributed by atoms with van der Waals surface area (Å²) in [5, 5.41) is 12.4. The highest BCUT2D eigenvalue weighted by atomic mass is 16.3. The van der Waals surface area contributed by atoms with E-state index in [1.54, 1.807) is 0 Å². The molecule has 0 aliphatic carbocycles. The zero-order valence-electron chi connectivity index (χ0n) is 10.9. The van der Waals surface area contributed by atoms with E-state index in [1.807, 2.05) is 14.0 Å². The molecular formula is C11H27N3O. The van der Waals surface area contributed by atoms with Gasteiger partial charge in [-0.2, -0.15) is 0 Å². The first kappa shape index (κ1) is 14.8. The van der Waals surface area contributed by atoms with Crippen molar-refractivity contribution in [3.63, 3.8) is 0 Å². The van der Waals surface area contributed by atoms with Crippen molar-refractivity contribution in [3.05, 3.63) is 0 Å². The lowest BCUT2D eigenvalue weighted by molar-refractivity contribution is 0.137. The van der Waals surface area contributed by atoms with E-state index in [0.29, 0.717) is 0 Å². The van der Waals surface area contributed by atoms with Gasteiger partial charge in [0, 0.05) is 6.54 Å². The highest BCUT2D eigenvalue weighted by molar-refractivity contribution is 4.83. The summed E-state index contributed by atoms with van der Waals surface area (Å²) in [6, 6.07) is 0. The van der Waals surface area contributed by atoms with Gasteiger partial charge in [0.1, 0.15) is 0 Å². The van der Waals surface area contributed by atoms with Crippen molar-refractivity contribution in [3.8, 4) is 0 Å². The molecule has 2 N–H and O–H groups in total. The van der Waals surface area contributed by atoms with Crippen LogP contribution in [0.25, 0.3) is 0 Å². The van der Waals surface area contributed by atoms with Crippen LogP contribution in [-0.2, 0) is 0 Å². The summed E-state index contributed by atoms with van der Waals surface area (Å²) < 4.78 is 0. The Morgan fingerprint density at radius 2 is 1.80 bits per heavy atom. The Kier molecular flexibility index (Phi) is 7.09. The average molecular weight is 217 g/mol. The maximum Gasteiger partial charge on any atom is 0.0623 e. The second-order valence-corrected chi connectivity index (χ2v) is 4.86. The minimum absolute atomic E-state index is 0.168. The quantitative estimate of drug-likeness (QED) is 0.593. The molecule has 0 saturated carbocycles. The molecule has 1 atom stereocenters. The van der Waals surface area contributed by atoms with Crippen molar-refractivity contribution >= 4 is 0 Å². The lowest BCUT2D eigenvalue weighted by Gasteiger charge is -2.32. The maximum atomic E-state index is 9.25. The highest BCUT2D eigenvalue weighted by Gasteiger charge is 2.22. The number of likely N-dealkylation sites (N-methyl/N-ethyl adjacent to an activating group) is 2. The summed E-state index contributed by atoms with van der Waals surface area (Å²) >= 11 is 0. The number of rotatable bonds is 8. The van der Waals surface area contributed by atoms with Gasteiger partial charge in [-0.1, -0.05) is 0 Å². The van der Waals surface area contributed by atoms with E-state index < -0.39 is 0 Å². The Morgan fingerprint density at radius 3 is 2.20 bits per heavy atom. The van der Waals surface area contributed by atoms with Gasteiger partial charge >= 0.3 is 0 Å². The van der Waals surface area contributed by atoms with Crippen LogP contribution in [0.5, 0.6) is 0 Å². The third-order valence-corrected chi connectivity index (χ3v) is 2.72. The minimum Gasteiger partial charge on any atom is -0.394 e. The zero-order chi connectivity index (χ0) is 11.9. The molecule has 0 bridgehead atoms. The van der Waals surface area contributed by atoms with Gasteiger partial charge in [0.05, 0.1) is 12.1 Å². The maximum absolute atomic E-state index is 9.25. The van der Waals surface area contributed by atoms with Crippen LogP contribution in [0.15, 0.2) is 0 Å². The number of nitrogens with one attached hydrogen (secondary N) is 1. The Morgan fingerprint density at radius 1 is 1.20 bits per heavy atom. The summed E-state index contributed by atoms with van der Waals surface area (Å²) in [5.74, 6) is 0. The first-order chi connectivity index (χ1) is 6.93. The van der Waals surface area contributed by atoms with Gasteiger partial charge in [-0.3, -0.25) is 0 Å². The molecule has 1 unspecified atom stereocenters. The third-order valence-electron chi connectivity index (χ3n) is 2.72. The van der Waals surface area contributed by atoms with Crippen molar-refractivity contribution in [1.29, 1.82) is 0 Å². The van der Waals surface area contributed by atoms with Gasteiger partial charge in [-0.25, -0.2) is 0 Å². The molecule has 0 fully saturated rings. The van der Waals surface area contributed by atoms with E-state index in [0.717, 1.165) is 26.1 Å². The van der Waals surface area contributed by atoms with Crippen LogP contribution in [0, 0.1) is 0 Å². The van der Waals surface area contributed by atoms with E-state index in [4.69, 9.17) is 0 Å². The van der Waals surface area contributed by atoms with Gasteiger partial charge in [0.15, 0.2) is 0 Å². The van der Waals surface area contributed by atoms with Crippen molar-refractivity contribution in [1.82, 2.24) is 15.1 Å². The van der Waals surface area contributed by atoms with E-state index in [1.165, 1.54) is 0 Å². The topological polar surface area (TPSA) is 38.7 Å². The summed E-state index contributed by atoms with van der Waals surface area (Å²) in [6.45, 7) is 5.25. The van der Waals surface area contributed by atoms with E-state index in [9.17, 15) is 5.11 Å². The molecule has 0 heterocycles. The highest BCUT2D eigenvalue weighted by Crippen LogP contribution is 2.04. The number of nitrogens with zero attached hydrogens (tertiary/aromatic N) is 2. The summed E-state index contributed by atoms with van der Waals surface area (Å²) in [7, 11) is 8.17. The first-order valence-corrected chi connectivity index (χ1v) is 5.56. The third kappa shape index (κ3) is 6.84. The largest absolute Gasteiger partial charge is 0.394 e. The molecule has 0 aliphatic rings. The van der Waals surface area contributed by atoms with Crippen LogP contribution >= 0.6 is 0 Å². The SMILES string of the molecule is CNC(C)(CO)CN(C)CCCN(C)C. The zero-order valence-corrected chi connectivity index (χ0v) is 10.9. The standard InChI is InChI=1S/C11H27N3O/c1-11(10-15,12-2)9-14(5)8-6-7-13(3)4/h12,15H,6-10H2,1-5H3. The lowest BCUT2D eigenvalue weighted by Crippen LogP contribution is -2.51. The monoisotopic (exact) mass is 217 g/mol. The number of hydrogen-bond donors (Lipinski definition) is 2. The van der Waals surface area contributed by atoms with Crippen LogP contribution < -0.4 is 5.32 Å². The smallest absolute Gasteiger partial charge is 0.0623 e. The Hall–Kier alpha value is -0.160. The van der Waals surface area contributed by atoms with E-state index >= 15 is 0 Å². The van der Waals surface area contributed by atoms with Gasteiger partial charge in [0.25, 0.3) is 0 Å². The molecular weight excluding hydrogens is 190 g/mol. The first-order valence-electron chi connectivity index (χ1n) is 5.56. The Balaban J connectivity index is 3.76. The van der Waals surface area contributed by atoms with E-state index in [2.05, 4.69) is 36.3 Å². The van der Waals surface area contributed by atoms with Gasteiger partial charge in [-0.05, 0) is 54.6 Å². The fraction of sp³-hybridized carbons (Fsp3) is 1.00. The van der Waals surface area contributed by atoms with Crippen LogP contribution in [-0.4, -0.2) is 74.9 Å². The molecule has 0 saturated heterocycles. The number of aliphatic hydroxyl groups is 1. The molecule has 0 aromatic heterocycles.